The van der Waals surface area contributed by atoms with Gasteiger partial charge in [-0.3, -0.25) is 4.79 Å². The molecule has 1 aromatic heterocycles. The molecule has 0 unspecified atom stereocenters. The van der Waals surface area contributed by atoms with Gasteiger partial charge in [0.05, 0.1) is 13.4 Å². The summed E-state index contributed by atoms with van der Waals surface area (Å²) >= 11 is 0. The van der Waals surface area contributed by atoms with Crippen molar-refractivity contribution < 1.29 is 13.9 Å². The number of aryl methyl sites for hydroxylation is 1. The molecule has 0 amide bonds. The molecule has 0 atom stereocenters. The Balaban J connectivity index is 1.72. The second-order valence-corrected chi connectivity index (χ2v) is 6.04. The second kappa shape index (κ2) is 13.4. The van der Waals surface area contributed by atoms with Crippen LogP contribution in [0.5, 0.6) is 0 Å². The molecule has 1 rings (SSSR count). The summed E-state index contributed by atoms with van der Waals surface area (Å²) in [6.45, 7) is 0. The normalized spacial score (nSPS) is 10.8. The van der Waals surface area contributed by atoms with Gasteiger partial charge >= 0.3 is 5.97 Å². The molecule has 0 saturated heterocycles. The summed E-state index contributed by atoms with van der Waals surface area (Å²) in [4.78, 5) is 10.9. The van der Waals surface area contributed by atoms with Gasteiger partial charge in [-0.05, 0) is 25.0 Å². The number of hydrogen-bond donors (Lipinski definition) is 0. The average molecular weight is 308 g/mol. The van der Waals surface area contributed by atoms with E-state index in [0.717, 1.165) is 25.0 Å². The van der Waals surface area contributed by atoms with Crippen molar-refractivity contribution in [1.82, 2.24) is 0 Å². The van der Waals surface area contributed by atoms with E-state index in [2.05, 4.69) is 10.8 Å². The first-order valence-corrected chi connectivity index (χ1v) is 8.92. The largest absolute Gasteiger partial charge is 0.469 e. The lowest BCUT2D eigenvalue weighted by Gasteiger charge is -2.03. The lowest BCUT2D eigenvalue weighted by atomic mass is 10.0. The minimum Gasteiger partial charge on any atom is -0.469 e. The SMILES string of the molecule is COC(=O)CCCCCCCCCCCCCc1ccco1. The summed E-state index contributed by atoms with van der Waals surface area (Å²) in [5, 5.41) is 0. The summed E-state index contributed by atoms with van der Waals surface area (Å²) in [6.07, 6.45) is 17.4. The van der Waals surface area contributed by atoms with E-state index < -0.39 is 0 Å². The fourth-order valence-corrected chi connectivity index (χ4v) is 2.72. The highest BCUT2D eigenvalue weighted by Crippen LogP contribution is 2.13. The van der Waals surface area contributed by atoms with E-state index in [9.17, 15) is 4.79 Å². The molecule has 0 aliphatic carbocycles. The van der Waals surface area contributed by atoms with Gasteiger partial charge in [0.15, 0.2) is 0 Å². The van der Waals surface area contributed by atoms with E-state index in [1.165, 1.54) is 64.9 Å². The third-order valence-corrected chi connectivity index (χ3v) is 4.11. The zero-order valence-corrected chi connectivity index (χ0v) is 14.1. The number of esters is 1. The Bertz CT molecular complexity index is 357. The number of carbonyl (C=O) groups excluding carboxylic acids is 1. The predicted octanol–water partition coefficient (Wildman–Crippen LogP) is 5.68. The van der Waals surface area contributed by atoms with Crippen molar-refractivity contribution in [2.45, 2.75) is 83.5 Å². The number of ether oxygens (including phenoxy) is 1. The smallest absolute Gasteiger partial charge is 0.305 e. The van der Waals surface area contributed by atoms with Gasteiger partial charge in [0.2, 0.25) is 0 Å². The van der Waals surface area contributed by atoms with Gasteiger partial charge in [0.1, 0.15) is 5.76 Å². The van der Waals surface area contributed by atoms with Crippen LogP contribution < -0.4 is 0 Å². The molecular formula is C19H32O3. The van der Waals surface area contributed by atoms with Crippen molar-refractivity contribution in [2.24, 2.45) is 0 Å². The van der Waals surface area contributed by atoms with E-state index in [1.807, 2.05) is 6.07 Å². The highest BCUT2D eigenvalue weighted by atomic mass is 16.5. The molecule has 0 aliphatic rings. The van der Waals surface area contributed by atoms with Crippen LogP contribution >= 0.6 is 0 Å². The lowest BCUT2D eigenvalue weighted by molar-refractivity contribution is -0.140. The van der Waals surface area contributed by atoms with E-state index >= 15 is 0 Å². The molecule has 3 heteroatoms. The van der Waals surface area contributed by atoms with Gasteiger partial charge < -0.3 is 9.15 Å². The summed E-state index contributed by atoms with van der Waals surface area (Å²) in [6, 6.07) is 4.02. The minimum atomic E-state index is -0.0768. The first-order chi connectivity index (χ1) is 10.8. The molecule has 0 N–H and O–H groups in total. The van der Waals surface area contributed by atoms with Gasteiger partial charge in [-0.1, -0.05) is 57.8 Å². The van der Waals surface area contributed by atoms with E-state index in [4.69, 9.17) is 4.42 Å². The molecule has 0 aromatic carbocycles. The lowest BCUT2D eigenvalue weighted by Crippen LogP contribution is -1.99. The van der Waals surface area contributed by atoms with Crippen molar-refractivity contribution in [3.8, 4) is 0 Å². The van der Waals surface area contributed by atoms with E-state index in [-0.39, 0.29) is 5.97 Å². The zero-order chi connectivity index (χ0) is 15.9. The van der Waals surface area contributed by atoms with Crippen LogP contribution in [0.4, 0.5) is 0 Å². The Morgan fingerprint density at radius 1 is 0.909 bits per heavy atom. The molecule has 3 nitrogen and oxygen atoms in total. The topological polar surface area (TPSA) is 39.4 Å². The number of rotatable bonds is 14. The molecule has 0 fully saturated rings. The van der Waals surface area contributed by atoms with Crippen molar-refractivity contribution >= 4 is 5.97 Å². The van der Waals surface area contributed by atoms with E-state index in [0.29, 0.717) is 6.42 Å². The van der Waals surface area contributed by atoms with Gasteiger partial charge in [-0.2, -0.15) is 0 Å². The first-order valence-electron chi connectivity index (χ1n) is 8.92. The molecule has 1 aromatic rings. The molecule has 0 radical (unpaired) electrons. The van der Waals surface area contributed by atoms with Gasteiger partial charge in [0.25, 0.3) is 0 Å². The Morgan fingerprint density at radius 2 is 1.45 bits per heavy atom. The summed E-state index contributed by atoms with van der Waals surface area (Å²) < 4.78 is 9.95. The van der Waals surface area contributed by atoms with Crippen molar-refractivity contribution in [2.75, 3.05) is 7.11 Å². The Kier molecular flexibility index (Phi) is 11.5. The monoisotopic (exact) mass is 308 g/mol. The van der Waals surface area contributed by atoms with Crippen LogP contribution in [0.15, 0.2) is 22.8 Å². The standard InChI is InChI=1S/C19H32O3/c1-21-19(20)16-12-10-8-6-4-2-3-5-7-9-11-14-18-15-13-17-22-18/h13,15,17H,2-12,14,16H2,1H3. The van der Waals surface area contributed by atoms with Gasteiger partial charge in [-0.15, -0.1) is 0 Å². The minimum absolute atomic E-state index is 0.0768. The maximum atomic E-state index is 10.9. The molecular weight excluding hydrogens is 276 g/mol. The maximum Gasteiger partial charge on any atom is 0.305 e. The molecule has 126 valence electrons. The number of hydrogen-bond acceptors (Lipinski definition) is 3. The molecule has 0 saturated carbocycles. The van der Waals surface area contributed by atoms with Crippen molar-refractivity contribution in [3.63, 3.8) is 0 Å². The van der Waals surface area contributed by atoms with Gasteiger partial charge in [-0.25, -0.2) is 0 Å². The van der Waals surface area contributed by atoms with Crippen molar-refractivity contribution in [1.29, 1.82) is 0 Å². The molecule has 1 heterocycles. The summed E-state index contributed by atoms with van der Waals surface area (Å²) in [5.41, 5.74) is 0. The van der Waals surface area contributed by atoms with Crippen LogP contribution in [0.25, 0.3) is 0 Å². The highest BCUT2D eigenvalue weighted by molar-refractivity contribution is 5.68. The number of methoxy groups -OCH3 is 1. The Labute approximate surface area is 135 Å². The molecule has 22 heavy (non-hydrogen) atoms. The van der Waals surface area contributed by atoms with E-state index in [1.54, 1.807) is 6.26 Å². The van der Waals surface area contributed by atoms with Crippen LogP contribution in [0.3, 0.4) is 0 Å². The number of carbonyl (C=O) groups is 1. The third-order valence-electron chi connectivity index (χ3n) is 4.11. The third kappa shape index (κ3) is 10.5. The molecule has 0 bridgehead atoms. The van der Waals surface area contributed by atoms with Gasteiger partial charge in [0, 0.05) is 12.8 Å². The van der Waals surface area contributed by atoms with Crippen LogP contribution in [0.1, 0.15) is 82.8 Å². The predicted molar refractivity (Wildman–Crippen MR) is 89.8 cm³/mol. The highest BCUT2D eigenvalue weighted by Gasteiger charge is 1.99. The zero-order valence-electron chi connectivity index (χ0n) is 14.1. The quantitative estimate of drug-likeness (QED) is 0.328. The molecule has 0 aliphatic heterocycles. The maximum absolute atomic E-state index is 10.9. The average Bonchev–Trinajstić information content (AvgIpc) is 3.04. The van der Waals surface area contributed by atoms with Crippen molar-refractivity contribution in [3.05, 3.63) is 24.2 Å². The second-order valence-electron chi connectivity index (χ2n) is 6.04. The summed E-state index contributed by atoms with van der Waals surface area (Å²) in [7, 11) is 1.46. The Morgan fingerprint density at radius 3 is 1.95 bits per heavy atom. The molecule has 0 spiro atoms. The summed E-state index contributed by atoms with van der Waals surface area (Å²) in [5.74, 6) is 1.04. The number of unbranched alkanes of at least 4 members (excludes halogenated alkanes) is 10. The first kappa shape index (κ1) is 18.8. The van der Waals surface area contributed by atoms with Crippen LogP contribution in [0.2, 0.25) is 0 Å². The fraction of sp³-hybridized carbons (Fsp3) is 0.737. The van der Waals surface area contributed by atoms with Crippen LogP contribution in [-0.4, -0.2) is 13.1 Å². The fourth-order valence-electron chi connectivity index (χ4n) is 2.72. The number of furan rings is 1. The van der Waals surface area contributed by atoms with Crippen LogP contribution in [0, 0.1) is 0 Å². The van der Waals surface area contributed by atoms with Crippen LogP contribution in [-0.2, 0) is 16.0 Å². The Hall–Kier alpha value is -1.25.